The molecule has 3 aromatic rings. The number of para-hydroxylation sites is 1. The summed E-state index contributed by atoms with van der Waals surface area (Å²) in [4.78, 5) is 23.4. The molecule has 28 heavy (non-hydrogen) atoms. The van der Waals surface area contributed by atoms with Crippen LogP contribution in [-0.4, -0.2) is 49.6 Å². The lowest BCUT2D eigenvalue weighted by Crippen LogP contribution is -2.17. The molecule has 1 aromatic heterocycles. The number of carboxylic acids is 1. The molecular formula is C18H17N5O4S. The van der Waals surface area contributed by atoms with Crippen LogP contribution in [0, 0.1) is 0 Å². The molecule has 0 radical (unpaired) electrons. The molecule has 0 bridgehead atoms. The highest BCUT2D eigenvalue weighted by molar-refractivity contribution is 7.99. The van der Waals surface area contributed by atoms with Gasteiger partial charge in [-0.15, -0.1) is 5.10 Å². The highest BCUT2D eigenvalue weighted by Gasteiger charge is 2.14. The summed E-state index contributed by atoms with van der Waals surface area (Å²) in [6.07, 6.45) is 0. The normalized spacial score (nSPS) is 10.5. The van der Waals surface area contributed by atoms with Crippen molar-refractivity contribution < 1.29 is 19.4 Å². The predicted octanol–water partition coefficient (Wildman–Crippen LogP) is 2.49. The van der Waals surface area contributed by atoms with Gasteiger partial charge in [0.2, 0.25) is 11.1 Å². The number of carboxylic acid groups (broad SMARTS) is 1. The number of carbonyl (C=O) groups is 2. The minimum Gasteiger partial charge on any atom is -0.494 e. The van der Waals surface area contributed by atoms with Gasteiger partial charge in [0, 0.05) is 0 Å². The first-order valence-electron chi connectivity index (χ1n) is 8.35. The topological polar surface area (TPSA) is 119 Å². The van der Waals surface area contributed by atoms with Gasteiger partial charge in [-0.2, -0.15) is 4.68 Å². The van der Waals surface area contributed by atoms with E-state index < -0.39 is 5.97 Å². The highest BCUT2D eigenvalue weighted by atomic mass is 32.2. The van der Waals surface area contributed by atoms with Crippen LogP contribution in [0.3, 0.4) is 0 Å². The standard InChI is InChI=1S/C18H17N5O4S/c1-2-27-13-9-7-12(8-10-13)23-18(20-21-22-23)28-11-16(24)19-15-6-4-3-5-14(15)17(25)26/h3-10H,2,11H2,1H3,(H,19,24)(H,25,26). The van der Waals surface area contributed by atoms with Gasteiger partial charge in [0.1, 0.15) is 5.75 Å². The third-order valence-electron chi connectivity index (χ3n) is 3.60. The van der Waals surface area contributed by atoms with Crippen molar-refractivity contribution in [3.63, 3.8) is 0 Å². The minimum atomic E-state index is -1.11. The lowest BCUT2D eigenvalue weighted by molar-refractivity contribution is -0.113. The number of benzene rings is 2. The fourth-order valence-corrected chi connectivity index (χ4v) is 3.07. The Hall–Kier alpha value is -3.40. The van der Waals surface area contributed by atoms with Crippen molar-refractivity contribution in [1.29, 1.82) is 0 Å². The number of ether oxygens (including phenoxy) is 1. The van der Waals surface area contributed by atoms with Crippen LogP contribution in [0.4, 0.5) is 5.69 Å². The summed E-state index contributed by atoms with van der Waals surface area (Å²) in [5.41, 5.74) is 0.999. The van der Waals surface area contributed by atoms with Gasteiger partial charge < -0.3 is 15.2 Å². The van der Waals surface area contributed by atoms with Crippen molar-refractivity contribution in [2.75, 3.05) is 17.7 Å². The molecule has 0 atom stereocenters. The van der Waals surface area contributed by atoms with E-state index in [1.807, 2.05) is 31.2 Å². The van der Waals surface area contributed by atoms with Gasteiger partial charge >= 0.3 is 5.97 Å². The first-order valence-corrected chi connectivity index (χ1v) is 9.33. The van der Waals surface area contributed by atoms with E-state index in [1.54, 1.807) is 12.1 Å². The van der Waals surface area contributed by atoms with Gasteiger partial charge in [0.05, 0.1) is 29.3 Å². The second kappa shape index (κ2) is 9.00. The molecule has 2 aromatic carbocycles. The van der Waals surface area contributed by atoms with E-state index in [1.165, 1.54) is 16.8 Å². The zero-order chi connectivity index (χ0) is 19.9. The van der Waals surface area contributed by atoms with Crippen molar-refractivity contribution >= 4 is 29.3 Å². The molecule has 3 rings (SSSR count). The van der Waals surface area contributed by atoms with Crippen LogP contribution in [0.25, 0.3) is 5.69 Å². The number of hydrogen-bond donors (Lipinski definition) is 2. The Balaban J connectivity index is 1.65. The van der Waals surface area contributed by atoms with E-state index in [-0.39, 0.29) is 22.9 Å². The molecule has 0 unspecified atom stereocenters. The number of aromatic nitrogens is 4. The monoisotopic (exact) mass is 399 g/mol. The van der Waals surface area contributed by atoms with Gasteiger partial charge in [-0.25, -0.2) is 4.79 Å². The second-order valence-corrected chi connectivity index (χ2v) is 6.43. The molecule has 0 aliphatic heterocycles. The minimum absolute atomic E-state index is 0.0192. The Morgan fingerprint density at radius 1 is 1.18 bits per heavy atom. The summed E-state index contributed by atoms with van der Waals surface area (Å²) in [6.45, 7) is 2.48. The van der Waals surface area contributed by atoms with Gasteiger partial charge in [0.25, 0.3) is 0 Å². The van der Waals surface area contributed by atoms with E-state index in [4.69, 9.17) is 4.74 Å². The number of rotatable bonds is 8. The molecule has 0 saturated heterocycles. The fraction of sp³-hybridized carbons (Fsp3) is 0.167. The molecular weight excluding hydrogens is 382 g/mol. The van der Waals surface area contributed by atoms with Gasteiger partial charge in [0.15, 0.2) is 0 Å². The number of carbonyl (C=O) groups excluding carboxylic acids is 1. The number of thioether (sulfide) groups is 1. The zero-order valence-corrected chi connectivity index (χ0v) is 15.7. The molecule has 2 N–H and O–H groups in total. The highest BCUT2D eigenvalue weighted by Crippen LogP contribution is 2.21. The molecule has 0 saturated carbocycles. The SMILES string of the molecule is CCOc1ccc(-n2nnnc2SCC(=O)Nc2ccccc2C(=O)O)cc1. The van der Waals surface area contributed by atoms with Crippen LogP contribution in [0.1, 0.15) is 17.3 Å². The van der Waals surface area contributed by atoms with Crippen molar-refractivity contribution in [2.24, 2.45) is 0 Å². The largest absolute Gasteiger partial charge is 0.494 e. The summed E-state index contributed by atoms with van der Waals surface area (Å²) >= 11 is 1.14. The summed E-state index contributed by atoms with van der Waals surface area (Å²) in [6, 6.07) is 13.5. The molecule has 0 fully saturated rings. The molecule has 1 heterocycles. The summed E-state index contributed by atoms with van der Waals surface area (Å²) < 4.78 is 6.92. The van der Waals surface area contributed by atoms with Crippen molar-refractivity contribution in [3.8, 4) is 11.4 Å². The van der Waals surface area contributed by atoms with E-state index >= 15 is 0 Å². The summed E-state index contributed by atoms with van der Waals surface area (Å²) in [5, 5.41) is 23.8. The molecule has 9 nitrogen and oxygen atoms in total. The lowest BCUT2D eigenvalue weighted by atomic mass is 10.2. The van der Waals surface area contributed by atoms with E-state index in [2.05, 4.69) is 20.8 Å². The van der Waals surface area contributed by atoms with Crippen LogP contribution >= 0.6 is 11.8 Å². The number of nitrogens with one attached hydrogen (secondary N) is 1. The number of amides is 1. The predicted molar refractivity (Wildman–Crippen MR) is 103 cm³/mol. The van der Waals surface area contributed by atoms with E-state index in [0.29, 0.717) is 11.8 Å². The lowest BCUT2D eigenvalue weighted by Gasteiger charge is -2.08. The average Bonchev–Trinajstić information content (AvgIpc) is 3.16. The fourth-order valence-electron chi connectivity index (χ4n) is 2.38. The molecule has 0 aliphatic carbocycles. The van der Waals surface area contributed by atoms with E-state index in [9.17, 15) is 14.7 Å². The Bertz CT molecular complexity index is 974. The molecule has 1 amide bonds. The maximum atomic E-state index is 12.2. The quantitative estimate of drug-likeness (QED) is 0.555. The van der Waals surface area contributed by atoms with Crippen LogP contribution in [0.5, 0.6) is 5.75 Å². The van der Waals surface area contributed by atoms with Gasteiger partial charge in [-0.05, 0) is 53.7 Å². The number of tetrazole rings is 1. The first-order chi connectivity index (χ1) is 13.6. The second-order valence-electron chi connectivity index (χ2n) is 5.49. The van der Waals surface area contributed by atoms with Crippen LogP contribution in [0.15, 0.2) is 53.7 Å². The number of nitrogens with zero attached hydrogens (tertiary/aromatic N) is 4. The summed E-state index contributed by atoms with van der Waals surface area (Å²) in [5.74, 6) is -0.710. The average molecular weight is 399 g/mol. The number of anilines is 1. The Kier molecular flexibility index (Phi) is 6.22. The van der Waals surface area contributed by atoms with Crippen LogP contribution in [0.2, 0.25) is 0 Å². The van der Waals surface area contributed by atoms with Crippen molar-refractivity contribution in [2.45, 2.75) is 12.1 Å². The zero-order valence-electron chi connectivity index (χ0n) is 14.9. The molecule has 0 aliphatic rings. The van der Waals surface area contributed by atoms with Gasteiger partial charge in [-0.1, -0.05) is 23.9 Å². The van der Waals surface area contributed by atoms with Crippen molar-refractivity contribution in [3.05, 3.63) is 54.1 Å². The first kappa shape index (κ1) is 19.4. The number of hydrogen-bond acceptors (Lipinski definition) is 7. The third-order valence-corrected chi connectivity index (χ3v) is 4.52. The maximum absolute atomic E-state index is 12.2. The van der Waals surface area contributed by atoms with Crippen LogP contribution in [-0.2, 0) is 4.79 Å². The molecule has 0 spiro atoms. The van der Waals surface area contributed by atoms with E-state index in [0.717, 1.165) is 23.2 Å². The third kappa shape index (κ3) is 4.65. The van der Waals surface area contributed by atoms with Crippen LogP contribution < -0.4 is 10.1 Å². The molecule has 144 valence electrons. The van der Waals surface area contributed by atoms with Crippen molar-refractivity contribution in [1.82, 2.24) is 20.2 Å². The smallest absolute Gasteiger partial charge is 0.337 e. The summed E-state index contributed by atoms with van der Waals surface area (Å²) in [7, 11) is 0. The maximum Gasteiger partial charge on any atom is 0.337 e. The Morgan fingerprint density at radius 3 is 2.64 bits per heavy atom. The Morgan fingerprint density at radius 2 is 1.93 bits per heavy atom. The van der Waals surface area contributed by atoms with Gasteiger partial charge in [-0.3, -0.25) is 4.79 Å². The Labute approximate surface area is 164 Å². The molecule has 10 heteroatoms. The number of aromatic carboxylic acids is 1.